The second-order valence-electron chi connectivity index (χ2n) is 8.13. The molecule has 0 unspecified atom stereocenters. The Kier molecular flexibility index (Phi) is 5.02. The summed E-state index contributed by atoms with van der Waals surface area (Å²) in [5, 5.41) is 7.12. The van der Waals surface area contributed by atoms with Crippen LogP contribution < -0.4 is 10.6 Å². The SMILES string of the molecule is CCCCN1C(=O)C(=O)C2=C(c3ccccc3)Nc3ccccc3N[C@@]21c1ccccc1. The number of nitrogens with zero attached hydrogens (tertiary/aromatic N) is 1. The lowest BCUT2D eigenvalue weighted by Crippen LogP contribution is -2.50. The average molecular weight is 424 g/mol. The molecule has 0 bridgehead atoms. The smallest absolute Gasteiger partial charge is 0.297 e. The summed E-state index contributed by atoms with van der Waals surface area (Å²) in [4.78, 5) is 28.8. The van der Waals surface area contributed by atoms with Crippen molar-refractivity contribution in [2.24, 2.45) is 0 Å². The predicted molar refractivity (Wildman–Crippen MR) is 127 cm³/mol. The van der Waals surface area contributed by atoms with Crippen LogP contribution in [0.25, 0.3) is 5.70 Å². The van der Waals surface area contributed by atoms with Gasteiger partial charge in [-0.15, -0.1) is 0 Å². The Balaban J connectivity index is 1.87. The molecular weight excluding hydrogens is 398 g/mol. The zero-order chi connectivity index (χ0) is 22.1. The Morgan fingerprint density at radius 2 is 1.44 bits per heavy atom. The van der Waals surface area contributed by atoms with Crippen molar-refractivity contribution in [3.05, 3.63) is 102 Å². The highest BCUT2D eigenvalue weighted by Gasteiger charge is 2.58. The zero-order valence-corrected chi connectivity index (χ0v) is 18.0. The molecule has 0 radical (unpaired) electrons. The molecule has 5 rings (SSSR count). The van der Waals surface area contributed by atoms with Crippen LogP contribution in [-0.4, -0.2) is 23.1 Å². The van der Waals surface area contributed by atoms with Gasteiger partial charge >= 0.3 is 0 Å². The summed E-state index contributed by atoms with van der Waals surface area (Å²) in [6, 6.07) is 27.4. The molecule has 1 fully saturated rings. The Morgan fingerprint density at radius 3 is 2.12 bits per heavy atom. The average Bonchev–Trinajstić information content (AvgIpc) is 2.96. The van der Waals surface area contributed by atoms with Gasteiger partial charge in [0.2, 0.25) is 0 Å². The van der Waals surface area contributed by atoms with Gasteiger partial charge < -0.3 is 15.5 Å². The number of nitrogens with one attached hydrogen (secondary N) is 2. The monoisotopic (exact) mass is 423 g/mol. The van der Waals surface area contributed by atoms with E-state index >= 15 is 0 Å². The second-order valence-corrected chi connectivity index (χ2v) is 8.13. The molecule has 1 amide bonds. The van der Waals surface area contributed by atoms with Crippen LogP contribution in [0.3, 0.4) is 0 Å². The molecule has 5 nitrogen and oxygen atoms in total. The third kappa shape index (κ3) is 3.01. The number of amides is 1. The molecule has 1 saturated heterocycles. The standard InChI is InChI=1S/C27H25N3O2/c1-2-3-18-30-26(32)25(31)23-24(19-12-6-4-7-13-19)28-21-16-10-11-17-22(21)29-27(23,30)20-14-8-5-9-15-20/h4-17,28-29H,2-3,18H2,1H3/t27-/m1/s1. The first-order chi connectivity index (χ1) is 15.7. The number of fused-ring (bicyclic) bond motifs is 2. The van der Waals surface area contributed by atoms with Crippen molar-refractivity contribution in [2.45, 2.75) is 25.4 Å². The molecule has 0 aliphatic carbocycles. The minimum absolute atomic E-state index is 0.437. The highest BCUT2D eigenvalue weighted by atomic mass is 16.2. The number of carbonyl (C=O) groups excluding carboxylic acids is 2. The fourth-order valence-corrected chi connectivity index (χ4v) is 4.66. The van der Waals surface area contributed by atoms with Gasteiger partial charge in [-0.25, -0.2) is 0 Å². The van der Waals surface area contributed by atoms with Crippen molar-refractivity contribution in [2.75, 3.05) is 17.2 Å². The topological polar surface area (TPSA) is 61.4 Å². The molecule has 0 spiro atoms. The number of hydrogen-bond donors (Lipinski definition) is 2. The number of unbranched alkanes of at least 4 members (excludes halogenated alkanes) is 1. The summed E-state index contributed by atoms with van der Waals surface area (Å²) in [6.07, 6.45) is 1.72. The molecule has 1 atom stereocenters. The van der Waals surface area contributed by atoms with Crippen LogP contribution in [0, 0.1) is 0 Å². The maximum atomic E-state index is 13.7. The lowest BCUT2D eigenvalue weighted by molar-refractivity contribution is -0.140. The molecular formula is C27H25N3O2. The number of rotatable bonds is 5. The van der Waals surface area contributed by atoms with E-state index in [9.17, 15) is 9.59 Å². The Hall–Kier alpha value is -3.86. The van der Waals surface area contributed by atoms with Gasteiger partial charge in [-0.3, -0.25) is 9.59 Å². The molecule has 160 valence electrons. The summed E-state index contributed by atoms with van der Waals surface area (Å²) < 4.78 is 0. The van der Waals surface area contributed by atoms with E-state index in [1.165, 1.54) is 0 Å². The summed E-state index contributed by atoms with van der Waals surface area (Å²) in [6.45, 7) is 2.57. The third-order valence-electron chi connectivity index (χ3n) is 6.17. The van der Waals surface area contributed by atoms with Crippen LogP contribution in [0.2, 0.25) is 0 Å². The van der Waals surface area contributed by atoms with Crippen LogP contribution >= 0.6 is 0 Å². The number of benzene rings is 3. The van der Waals surface area contributed by atoms with Crippen molar-refractivity contribution in [3.8, 4) is 0 Å². The molecule has 0 aromatic heterocycles. The van der Waals surface area contributed by atoms with Crippen molar-refractivity contribution >= 4 is 28.8 Å². The van der Waals surface area contributed by atoms with Crippen molar-refractivity contribution in [3.63, 3.8) is 0 Å². The van der Waals surface area contributed by atoms with E-state index in [1.807, 2.05) is 84.9 Å². The molecule has 0 saturated carbocycles. The van der Waals surface area contributed by atoms with Crippen molar-refractivity contribution < 1.29 is 9.59 Å². The molecule has 2 N–H and O–H groups in total. The molecule has 5 heteroatoms. The molecule has 3 aromatic carbocycles. The maximum absolute atomic E-state index is 13.7. The van der Waals surface area contributed by atoms with Gasteiger partial charge in [0.15, 0.2) is 5.66 Å². The number of likely N-dealkylation sites (tertiary alicyclic amines) is 1. The number of carbonyl (C=O) groups is 2. The molecule has 2 aliphatic rings. The van der Waals surface area contributed by atoms with Crippen LogP contribution in [0.5, 0.6) is 0 Å². The van der Waals surface area contributed by atoms with Gasteiger partial charge in [0.25, 0.3) is 11.7 Å². The number of anilines is 2. The van der Waals surface area contributed by atoms with Crippen LogP contribution in [0.15, 0.2) is 90.5 Å². The molecule has 3 aromatic rings. The number of para-hydroxylation sites is 2. The third-order valence-corrected chi connectivity index (χ3v) is 6.17. The Morgan fingerprint density at radius 1 is 0.812 bits per heavy atom. The van der Waals surface area contributed by atoms with E-state index in [1.54, 1.807) is 4.90 Å². The van der Waals surface area contributed by atoms with Gasteiger partial charge in [0.05, 0.1) is 22.6 Å². The summed E-state index contributed by atoms with van der Waals surface area (Å²) in [5.74, 6) is -0.948. The number of Topliss-reactive ketones (excluding diaryl/α,β-unsaturated/α-hetero) is 1. The zero-order valence-electron chi connectivity index (χ0n) is 18.0. The van der Waals surface area contributed by atoms with Crippen LogP contribution in [0.1, 0.15) is 30.9 Å². The summed E-state index contributed by atoms with van der Waals surface area (Å²) in [5.41, 5.74) is 3.41. The summed E-state index contributed by atoms with van der Waals surface area (Å²) in [7, 11) is 0. The number of ketones is 1. The minimum Gasteiger partial charge on any atom is -0.353 e. The minimum atomic E-state index is -1.10. The molecule has 32 heavy (non-hydrogen) atoms. The fraction of sp³-hybridized carbons (Fsp3) is 0.185. The van der Waals surface area contributed by atoms with E-state index < -0.39 is 17.4 Å². The normalized spacial score (nSPS) is 19.7. The Labute approximate surface area is 187 Å². The maximum Gasteiger partial charge on any atom is 0.297 e. The first-order valence-corrected chi connectivity index (χ1v) is 11.0. The van der Waals surface area contributed by atoms with E-state index in [4.69, 9.17) is 0 Å². The van der Waals surface area contributed by atoms with E-state index in [0.29, 0.717) is 17.8 Å². The number of hydrogen-bond acceptors (Lipinski definition) is 4. The van der Waals surface area contributed by atoms with Crippen LogP contribution in [0.4, 0.5) is 11.4 Å². The highest BCUT2D eigenvalue weighted by molar-refractivity contribution is 6.48. The van der Waals surface area contributed by atoms with Crippen LogP contribution in [-0.2, 0) is 15.3 Å². The predicted octanol–water partition coefficient (Wildman–Crippen LogP) is 5.00. The van der Waals surface area contributed by atoms with Gasteiger partial charge in [-0.1, -0.05) is 86.1 Å². The van der Waals surface area contributed by atoms with Gasteiger partial charge in [0.1, 0.15) is 0 Å². The lowest BCUT2D eigenvalue weighted by Gasteiger charge is -2.40. The van der Waals surface area contributed by atoms with Gasteiger partial charge in [-0.2, -0.15) is 0 Å². The summed E-state index contributed by atoms with van der Waals surface area (Å²) >= 11 is 0. The Bertz CT molecular complexity index is 1200. The van der Waals surface area contributed by atoms with E-state index in [-0.39, 0.29) is 0 Å². The first kappa shape index (κ1) is 20.1. The van der Waals surface area contributed by atoms with E-state index in [0.717, 1.165) is 35.3 Å². The van der Waals surface area contributed by atoms with Gasteiger partial charge in [-0.05, 0) is 24.1 Å². The lowest BCUT2D eigenvalue weighted by atomic mass is 9.87. The fourth-order valence-electron chi connectivity index (χ4n) is 4.66. The largest absolute Gasteiger partial charge is 0.353 e. The van der Waals surface area contributed by atoms with E-state index in [2.05, 4.69) is 17.6 Å². The van der Waals surface area contributed by atoms with Gasteiger partial charge in [0, 0.05) is 12.1 Å². The van der Waals surface area contributed by atoms with Crippen molar-refractivity contribution in [1.82, 2.24) is 4.90 Å². The second kappa shape index (κ2) is 8.00. The van der Waals surface area contributed by atoms with Crippen molar-refractivity contribution in [1.29, 1.82) is 0 Å². The highest BCUT2D eigenvalue weighted by Crippen LogP contribution is 2.49. The molecule has 2 aliphatic heterocycles. The first-order valence-electron chi connectivity index (χ1n) is 11.0. The quantitative estimate of drug-likeness (QED) is 0.567. The molecule has 2 heterocycles.